The zero-order valence-electron chi connectivity index (χ0n) is 12.1. The van der Waals surface area contributed by atoms with Crippen molar-refractivity contribution in [3.05, 3.63) is 42.5 Å². The number of likely N-dealkylation sites (tertiary alicyclic amines) is 1. The molecule has 0 bridgehead atoms. The van der Waals surface area contributed by atoms with Crippen LogP contribution < -0.4 is 10.1 Å². The van der Waals surface area contributed by atoms with Crippen LogP contribution in [0.4, 0.5) is 18.0 Å². The maximum Gasteiger partial charge on any atom is 0.416 e. The van der Waals surface area contributed by atoms with Crippen molar-refractivity contribution in [2.24, 2.45) is 0 Å². The average molecular weight is 314 g/mol. The molecule has 2 atom stereocenters. The predicted molar refractivity (Wildman–Crippen MR) is 75.6 cm³/mol. The monoisotopic (exact) mass is 314 g/mol. The third kappa shape index (κ3) is 3.52. The van der Waals surface area contributed by atoms with Crippen LogP contribution in [0.5, 0.6) is 5.75 Å². The largest absolute Gasteiger partial charge is 0.486 e. The molecule has 0 spiro atoms. The van der Waals surface area contributed by atoms with Crippen molar-refractivity contribution in [2.75, 3.05) is 13.1 Å². The van der Waals surface area contributed by atoms with Crippen molar-refractivity contribution in [2.45, 2.75) is 25.2 Å². The molecule has 7 heteroatoms. The topological polar surface area (TPSA) is 41.6 Å². The molecule has 0 unspecified atom stereocenters. The first kappa shape index (κ1) is 16.2. The molecule has 22 heavy (non-hydrogen) atoms. The van der Waals surface area contributed by atoms with Gasteiger partial charge in [0.05, 0.1) is 18.2 Å². The molecule has 2 amide bonds. The van der Waals surface area contributed by atoms with Crippen molar-refractivity contribution in [3.63, 3.8) is 0 Å². The number of ether oxygens (including phenoxy) is 1. The van der Waals surface area contributed by atoms with E-state index in [1.54, 1.807) is 17.9 Å². The van der Waals surface area contributed by atoms with Gasteiger partial charge in [-0.1, -0.05) is 12.1 Å². The number of benzene rings is 1. The second-order valence-corrected chi connectivity index (χ2v) is 5.05. The van der Waals surface area contributed by atoms with Crippen LogP contribution in [0.2, 0.25) is 0 Å². The van der Waals surface area contributed by atoms with Gasteiger partial charge in [0.15, 0.2) is 0 Å². The third-order valence-electron chi connectivity index (χ3n) is 3.51. The second kappa shape index (κ2) is 6.29. The van der Waals surface area contributed by atoms with Gasteiger partial charge in [-0.15, -0.1) is 6.58 Å². The lowest BCUT2D eigenvalue weighted by Crippen LogP contribution is -2.65. The molecule has 1 aromatic carbocycles. The van der Waals surface area contributed by atoms with Gasteiger partial charge in [-0.3, -0.25) is 0 Å². The van der Waals surface area contributed by atoms with Gasteiger partial charge in [-0.2, -0.15) is 13.2 Å². The average Bonchev–Trinajstić information content (AvgIpc) is 2.47. The fraction of sp³-hybridized carbons (Fsp3) is 0.400. The predicted octanol–water partition coefficient (Wildman–Crippen LogP) is 3.05. The summed E-state index contributed by atoms with van der Waals surface area (Å²) < 4.78 is 43.5. The number of carbonyl (C=O) groups excluding carboxylic acids is 1. The molecule has 1 heterocycles. The number of hydrogen-bond acceptors (Lipinski definition) is 2. The fourth-order valence-electron chi connectivity index (χ4n) is 2.16. The molecule has 120 valence electrons. The molecular weight excluding hydrogens is 297 g/mol. The fourth-order valence-corrected chi connectivity index (χ4v) is 2.16. The number of carbonyl (C=O) groups is 1. The van der Waals surface area contributed by atoms with Gasteiger partial charge in [0, 0.05) is 6.54 Å². The highest BCUT2D eigenvalue weighted by molar-refractivity contribution is 5.75. The Labute approximate surface area is 126 Å². The number of nitrogens with zero attached hydrogens (tertiary/aromatic N) is 1. The summed E-state index contributed by atoms with van der Waals surface area (Å²) in [7, 11) is 0. The number of rotatable bonds is 4. The number of amides is 2. The first-order valence-electron chi connectivity index (χ1n) is 6.82. The second-order valence-electron chi connectivity index (χ2n) is 5.05. The van der Waals surface area contributed by atoms with Crippen molar-refractivity contribution >= 4 is 6.03 Å². The number of halogens is 3. The Morgan fingerprint density at radius 3 is 2.86 bits per heavy atom. The minimum Gasteiger partial charge on any atom is -0.486 e. The first-order valence-corrected chi connectivity index (χ1v) is 6.82. The lowest BCUT2D eigenvalue weighted by atomic mass is 10.0. The van der Waals surface area contributed by atoms with Crippen molar-refractivity contribution in [1.82, 2.24) is 10.2 Å². The van der Waals surface area contributed by atoms with Crippen LogP contribution in [-0.4, -0.2) is 36.2 Å². The summed E-state index contributed by atoms with van der Waals surface area (Å²) >= 11 is 0. The molecule has 1 aliphatic rings. The number of urea groups is 1. The lowest BCUT2D eigenvalue weighted by Gasteiger charge is -2.45. The standard InChI is InChI=1S/C15H17F3N2O2/c1-3-7-19-14(21)20-9-13(10(20)2)22-12-6-4-5-11(8-12)15(16,17)18/h3-6,8,10,13H,1,7,9H2,2H3,(H,19,21)/t10-,13-/m0/s1. The molecule has 1 aliphatic heterocycles. The number of nitrogens with one attached hydrogen (secondary N) is 1. The summed E-state index contributed by atoms with van der Waals surface area (Å²) in [6, 6.07) is 4.29. The van der Waals surface area contributed by atoms with E-state index in [4.69, 9.17) is 4.74 Å². The van der Waals surface area contributed by atoms with E-state index in [0.29, 0.717) is 13.1 Å². The van der Waals surface area contributed by atoms with Gasteiger partial charge in [0.2, 0.25) is 0 Å². The Bertz CT molecular complexity index is 560. The molecule has 0 aliphatic carbocycles. The SMILES string of the molecule is C=CCNC(=O)N1C[C@H](Oc2cccc(C(F)(F)F)c2)[C@@H]1C. The minimum atomic E-state index is -4.40. The van der Waals surface area contributed by atoms with Gasteiger partial charge >= 0.3 is 12.2 Å². The molecular formula is C15H17F3N2O2. The molecule has 0 aromatic heterocycles. The van der Waals surface area contributed by atoms with Crippen LogP contribution in [0.25, 0.3) is 0 Å². The van der Waals surface area contributed by atoms with Gasteiger partial charge < -0.3 is 15.0 Å². The van der Waals surface area contributed by atoms with E-state index in [9.17, 15) is 18.0 Å². The first-order chi connectivity index (χ1) is 10.3. The molecule has 2 rings (SSSR count). The summed E-state index contributed by atoms with van der Waals surface area (Å²) in [5, 5.41) is 2.64. The Balaban J connectivity index is 1.94. The minimum absolute atomic E-state index is 0.151. The quantitative estimate of drug-likeness (QED) is 0.868. The molecule has 1 aromatic rings. The normalized spacial score (nSPS) is 21.0. The van der Waals surface area contributed by atoms with E-state index in [0.717, 1.165) is 12.1 Å². The van der Waals surface area contributed by atoms with Crippen LogP contribution >= 0.6 is 0 Å². The summed E-state index contributed by atoms with van der Waals surface area (Å²) in [5.41, 5.74) is -0.752. The zero-order valence-corrected chi connectivity index (χ0v) is 12.1. The van der Waals surface area contributed by atoms with Gasteiger partial charge in [-0.05, 0) is 25.1 Å². The number of alkyl halides is 3. The van der Waals surface area contributed by atoms with Gasteiger partial charge in [0.1, 0.15) is 11.9 Å². The Kier molecular flexibility index (Phi) is 4.63. The summed E-state index contributed by atoms with van der Waals surface area (Å²) in [5.74, 6) is 0.151. The maximum atomic E-state index is 12.6. The highest BCUT2D eigenvalue weighted by atomic mass is 19.4. The highest BCUT2D eigenvalue weighted by Gasteiger charge is 2.40. The highest BCUT2D eigenvalue weighted by Crippen LogP contribution is 2.32. The summed E-state index contributed by atoms with van der Waals surface area (Å²) in [4.78, 5) is 13.3. The van der Waals surface area contributed by atoms with E-state index in [1.165, 1.54) is 12.1 Å². The Morgan fingerprint density at radius 2 is 2.27 bits per heavy atom. The molecule has 4 nitrogen and oxygen atoms in total. The van der Waals surface area contributed by atoms with E-state index in [1.807, 2.05) is 0 Å². The van der Waals surface area contributed by atoms with E-state index in [-0.39, 0.29) is 23.9 Å². The number of hydrogen-bond donors (Lipinski definition) is 1. The molecule has 0 radical (unpaired) electrons. The van der Waals surface area contributed by atoms with Gasteiger partial charge in [-0.25, -0.2) is 4.79 Å². The van der Waals surface area contributed by atoms with Crippen molar-refractivity contribution in [1.29, 1.82) is 0 Å². The van der Waals surface area contributed by atoms with Crippen molar-refractivity contribution in [3.8, 4) is 5.75 Å². The molecule has 1 fully saturated rings. The molecule has 1 N–H and O–H groups in total. The molecule has 1 saturated heterocycles. The van der Waals surface area contributed by atoms with E-state index >= 15 is 0 Å². The Hall–Kier alpha value is -2.18. The van der Waals surface area contributed by atoms with Crippen LogP contribution in [0.15, 0.2) is 36.9 Å². The van der Waals surface area contributed by atoms with E-state index in [2.05, 4.69) is 11.9 Å². The summed E-state index contributed by atoms with van der Waals surface area (Å²) in [6.07, 6.45) is -3.15. The summed E-state index contributed by atoms with van der Waals surface area (Å²) in [6.45, 7) is 5.99. The smallest absolute Gasteiger partial charge is 0.416 e. The molecule has 0 saturated carbocycles. The van der Waals surface area contributed by atoms with Crippen LogP contribution in [0.1, 0.15) is 12.5 Å². The maximum absolute atomic E-state index is 12.6. The third-order valence-corrected chi connectivity index (χ3v) is 3.51. The van der Waals surface area contributed by atoms with Crippen molar-refractivity contribution < 1.29 is 22.7 Å². The van der Waals surface area contributed by atoms with Crippen LogP contribution in [-0.2, 0) is 6.18 Å². The van der Waals surface area contributed by atoms with E-state index < -0.39 is 11.7 Å². The Morgan fingerprint density at radius 1 is 1.55 bits per heavy atom. The van der Waals surface area contributed by atoms with Crippen LogP contribution in [0.3, 0.4) is 0 Å². The zero-order chi connectivity index (χ0) is 16.3. The van der Waals surface area contributed by atoms with Gasteiger partial charge in [0.25, 0.3) is 0 Å². The van der Waals surface area contributed by atoms with Crippen LogP contribution in [0, 0.1) is 0 Å². The lowest BCUT2D eigenvalue weighted by molar-refractivity contribution is -0.137.